The molecule has 8 nitrogen and oxygen atoms in total. The fourth-order valence-corrected chi connectivity index (χ4v) is 4.48. The van der Waals surface area contributed by atoms with Crippen molar-refractivity contribution in [1.82, 2.24) is 0 Å². The molecule has 0 amide bonds. The number of methoxy groups -OCH3 is 6. The number of rotatable bonds is 7. The molecular weight excluding hydrogens is 412 g/mol. The van der Waals surface area contributed by atoms with Crippen molar-refractivity contribution in [3.05, 3.63) is 34.4 Å². The maximum Gasteiger partial charge on any atom is 0.203 e. The van der Waals surface area contributed by atoms with Gasteiger partial charge in [-0.05, 0) is 25.0 Å². The first kappa shape index (κ1) is 21.8. The Morgan fingerprint density at radius 1 is 0.531 bits per heavy atom. The van der Waals surface area contributed by atoms with Crippen molar-refractivity contribution in [3.63, 3.8) is 0 Å². The number of ether oxygens (including phenoxy) is 6. The molecule has 170 valence electrons. The fourth-order valence-electron chi connectivity index (χ4n) is 4.48. The number of aliphatic imine (C=N–C) groups is 2. The number of fused-ring (bicyclic) bond motifs is 2. The Labute approximate surface area is 187 Å². The van der Waals surface area contributed by atoms with Gasteiger partial charge in [0.2, 0.25) is 11.5 Å². The predicted octanol–water partition coefficient (Wildman–Crippen LogP) is 3.13. The van der Waals surface area contributed by atoms with E-state index in [9.17, 15) is 0 Å². The molecule has 0 unspecified atom stereocenters. The van der Waals surface area contributed by atoms with Gasteiger partial charge in [-0.3, -0.25) is 9.98 Å². The summed E-state index contributed by atoms with van der Waals surface area (Å²) in [4.78, 5) is 9.75. The van der Waals surface area contributed by atoms with Crippen LogP contribution in [0.1, 0.15) is 22.3 Å². The van der Waals surface area contributed by atoms with Gasteiger partial charge in [0.25, 0.3) is 0 Å². The molecule has 0 radical (unpaired) electrons. The van der Waals surface area contributed by atoms with E-state index in [1.54, 1.807) is 42.7 Å². The highest BCUT2D eigenvalue weighted by atomic mass is 16.5. The van der Waals surface area contributed by atoms with Gasteiger partial charge in [-0.15, -0.1) is 0 Å². The van der Waals surface area contributed by atoms with Gasteiger partial charge in [-0.2, -0.15) is 0 Å². The smallest absolute Gasteiger partial charge is 0.203 e. The van der Waals surface area contributed by atoms with Crippen molar-refractivity contribution in [2.45, 2.75) is 12.8 Å². The highest BCUT2D eigenvalue weighted by Crippen LogP contribution is 2.46. The van der Waals surface area contributed by atoms with Crippen LogP contribution < -0.4 is 28.4 Å². The van der Waals surface area contributed by atoms with E-state index in [0.717, 1.165) is 46.5 Å². The molecule has 4 rings (SSSR count). The standard InChI is InChI=1S/C24H28N2O6/c1-27-17-11-15-13(21(29-3)23(17)31-5)7-9-25-19(15)20-16-12-18(28-2)24(32-6)22(30-4)14(16)8-10-26-20/h11-12H,7-10H2,1-6H3. The van der Waals surface area contributed by atoms with Gasteiger partial charge in [-0.1, -0.05) is 0 Å². The Bertz CT molecular complexity index is 1020. The molecule has 0 atom stereocenters. The molecule has 0 saturated carbocycles. The lowest BCUT2D eigenvalue weighted by Gasteiger charge is -2.27. The van der Waals surface area contributed by atoms with Gasteiger partial charge in [0, 0.05) is 35.3 Å². The molecule has 2 aliphatic heterocycles. The van der Waals surface area contributed by atoms with Crippen molar-refractivity contribution in [1.29, 1.82) is 0 Å². The Balaban J connectivity index is 1.93. The molecule has 0 aliphatic carbocycles. The van der Waals surface area contributed by atoms with Crippen molar-refractivity contribution in [3.8, 4) is 34.5 Å². The first-order valence-corrected chi connectivity index (χ1v) is 10.4. The average Bonchev–Trinajstić information content (AvgIpc) is 2.85. The summed E-state index contributed by atoms with van der Waals surface area (Å²) in [7, 11) is 9.71. The zero-order valence-electron chi connectivity index (χ0n) is 19.3. The summed E-state index contributed by atoms with van der Waals surface area (Å²) in [6.07, 6.45) is 1.47. The van der Waals surface area contributed by atoms with Crippen molar-refractivity contribution >= 4 is 11.4 Å². The van der Waals surface area contributed by atoms with Crippen LogP contribution in [0.5, 0.6) is 34.5 Å². The normalized spacial score (nSPS) is 14.4. The molecule has 0 fully saturated rings. The number of hydrogen-bond donors (Lipinski definition) is 0. The van der Waals surface area contributed by atoms with E-state index in [1.807, 2.05) is 12.1 Å². The van der Waals surface area contributed by atoms with Gasteiger partial charge < -0.3 is 28.4 Å². The van der Waals surface area contributed by atoms with E-state index >= 15 is 0 Å². The van der Waals surface area contributed by atoms with Crippen LogP contribution in [0.3, 0.4) is 0 Å². The van der Waals surface area contributed by atoms with Gasteiger partial charge in [0.15, 0.2) is 23.0 Å². The van der Waals surface area contributed by atoms with Crippen LogP contribution in [-0.2, 0) is 12.8 Å². The second kappa shape index (κ2) is 8.98. The maximum atomic E-state index is 5.73. The van der Waals surface area contributed by atoms with Gasteiger partial charge in [-0.25, -0.2) is 0 Å². The lowest BCUT2D eigenvalue weighted by atomic mass is 9.87. The molecule has 2 aromatic rings. The molecular formula is C24H28N2O6. The molecule has 0 saturated heterocycles. The topological polar surface area (TPSA) is 80.1 Å². The minimum atomic E-state index is 0.578. The van der Waals surface area contributed by atoms with Crippen LogP contribution in [0.25, 0.3) is 0 Å². The largest absolute Gasteiger partial charge is 0.493 e. The van der Waals surface area contributed by atoms with Crippen molar-refractivity contribution in [2.24, 2.45) is 9.98 Å². The first-order valence-electron chi connectivity index (χ1n) is 10.4. The van der Waals surface area contributed by atoms with E-state index < -0.39 is 0 Å². The summed E-state index contributed by atoms with van der Waals surface area (Å²) in [6, 6.07) is 3.90. The van der Waals surface area contributed by atoms with Gasteiger partial charge >= 0.3 is 0 Å². The van der Waals surface area contributed by atoms with E-state index in [2.05, 4.69) is 0 Å². The molecule has 0 bridgehead atoms. The molecule has 2 aromatic carbocycles. The quantitative estimate of drug-likeness (QED) is 0.658. The molecule has 8 heteroatoms. The third-order valence-corrected chi connectivity index (χ3v) is 5.86. The Hall–Kier alpha value is -3.42. The minimum absolute atomic E-state index is 0.578. The SMILES string of the molecule is COc1cc2c(c(OC)c1OC)CCN=C2C1=NCCc2c1cc(OC)c(OC)c2OC. The van der Waals surface area contributed by atoms with Crippen LogP contribution in [0.2, 0.25) is 0 Å². The monoisotopic (exact) mass is 440 g/mol. The summed E-state index contributed by atoms with van der Waals surface area (Å²) in [5, 5.41) is 0. The fraction of sp³-hybridized carbons (Fsp3) is 0.417. The van der Waals surface area contributed by atoms with Crippen LogP contribution in [0.15, 0.2) is 22.1 Å². The molecule has 2 aliphatic rings. The Morgan fingerprint density at radius 2 is 0.906 bits per heavy atom. The van der Waals surface area contributed by atoms with Crippen LogP contribution >= 0.6 is 0 Å². The highest BCUT2D eigenvalue weighted by molar-refractivity contribution is 6.54. The molecule has 0 spiro atoms. The van der Waals surface area contributed by atoms with Crippen molar-refractivity contribution in [2.75, 3.05) is 55.7 Å². The molecule has 0 N–H and O–H groups in total. The van der Waals surface area contributed by atoms with E-state index in [-0.39, 0.29) is 0 Å². The second-order valence-corrected chi connectivity index (χ2v) is 7.30. The second-order valence-electron chi connectivity index (χ2n) is 7.30. The molecule has 32 heavy (non-hydrogen) atoms. The number of hydrogen-bond acceptors (Lipinski definition) is 8. The lowest BCUT2D eigenvalue weighted by molar-refractivity contribution is 0.322. The van der Waals surface area contributed by atoms with Gasteiger partial charge in [0.05, 0.1) is 54.1 Å². The zero-order chi connectivity index (χ0) is 22.8. The first-order chi connectivity index (χ1) is 15.6. The molecule has 0 aromatic heterocycles. The predicted molar refractivity (Wildman–Crippen MR) is 122 cm³/mol. The minimum Gasteiger partial charge on any atom is -0.493 e. The summed E-state index contributed by atoms with van der Waals surface area (Å²) in [6.45, 7) is 1.24. The zero-order valence-corrected chi connectivity index (χ0v) is 19.3. The van der Waals surface area contributed by atoms with Crippen molar-refractivity contribution < 1.29 is 28.4 Å². The Kier molecular flexibility index (Phi) is 6.12. The van der Waals surface area contributed by atoms with Crippen LogP contribution in [-0.4, -0.2) is 67.2 Å². The third-order valence-electron chi connectivity index (χ3n) is 5.86. The highest BCUT2D eigenvalue weighted by Gasteiger charge is 2.32. The third kappa shape index (κ3) is 3.30. The van der Waals surface area contributed by atoms with Crippen LogP contribution in [0.4, 0.5) is 0 Å². The van der Waals surface area contributed by atoms with Gasteiger partial charge in [0.1, 0.15) is 0 Å². The molecule has 2 heterocycles. The summed E-state index contributed by atoms with van der Waals surface area (Å²) >= 11 is 0. The average molecular weight is 440 g/mol. The summed E-state index contributed by atoms with van der Waals surface area (Å²) in [5.74, 6) is 3.65. The number of nitrogens with zero attached hydrogens (tertiary/aromatic N) is 2. The number of benzene rings is 2. The van der Waals surface area contributed by atoms with E-state index in [4.69, 9.17) is 38.4 Å². The summed E-state index contributed by atoms with van der Waals surface area (Å²) < 4.78 is 33.8. The maximum absolute atomic E-state index is 5.73. The summed E-state index contributed by atoms with van der Waals surface area (Å²) in [5.41, 5.74) is 5.48. The van der Waals surface area contributed by atoms with E-state index in [0.29, 0.717) is 47.6 Å². The lowest BCUT2D eigenvalue weighted by Crippen LogP contribution is -2.27. The van der Waals surface area contributed by atoms with E-state index in [1.165, 1.54) is 0 Å². The van der Waals surface area contributed by atoms with Crippen LogP contribution in [0, 0.1) is 0 Å². The Morgan fingerprint density at radius 3 is 1.22 bits per heavy atom.